The van der Waals surface area contributed by atoms with Crippen LogP contribution in [-0.2, 0) is 10.8 Å². The Morgan fingerprint density at radius 3 is 2.93 bits per heavy atom. The van der Waals surface area contributed by atoms with Gasteiger partial charge in [0.25, 0.3) is 0 Å². The average molecular weight is 225 g/mol. The Hall–Kier alpha value is -0.810. The van der Waals surface area contributed by atoms with E-state index in [1.54, 1.807) is 18.5 Å². The number of hydrogen-bond acceptors (Lipinski definition) is 4. The minimum absolute atomic E-state index is 0.461. The van der Waals surface area contributed by atoms with Gasteiger partial charge in [0.05, 0.1) is 10.8 Å². The van der Waals surface area contributed by atoms with Gasteiger partial charge in [0.1, 0.15) is 0 Å². The molecule has 2 rings (SSSR count). The summed E-state index contributed by atoms with van der Waals surface area (Å²) < 4.78 is 11.9. The first-order chi connectivity index (χ1) is 7.36. The van der Waals surface area contributed by atoms with E-state index in [0.717, 1.165) is 19.5 Å². The van der Waals surface area contributed by atoms with E-state index in [1.165, 1.54) is 6.42 Å². The molecule has 0 unspecified atom stereocenters. The second-order valence-electron chi connectivity index (χ2n) is 3.76. The van der Waals surface area contributed by atoms with Crippen LogP contribution in [0.4, 0.5) is 0 Å². The van der Waals surface area contributed by atoms with Crippen molar-refractivity contribution in [1.29, 1.82) is 0 Å². The van der Waals surface area contributed by atoms with Crippen molar-refractivity contribution in [2.75, 3.05) is 18.8 Å². The molecule has 1 aliphatic heterocycles. The molecule has 0 bridgehead atoms. The van der Waals surface area contributed by atoms with E-state index in [0.29, 0.717) is 16.8 Å². The van der Waals surface area contributed by atoms with Gasteiger partial charge in [0, 0.05) is 18.1 Å². The van der Waals surface area contributed by atoms with Crippen LogP contribution in [0, 0.1) is 5.92 Å². The highest BCUT2D eigenvalue weighted by Gasteiger charge is 2.17. The smallest absolute Gasteiger partial charge is 0.218 e. The molecule has 1 aromatic rings. The normalized spacial score (nSPS) is 23.6. The van der Waals surface area contributed by atoms with Crippen LogP contribution in [-0.4, -0.2) is 33.0 Å². The summed E-state index contributed by atoms with van der Waals surface area (Å²) >= 11 is 0. The number of aromatic nitrogens is 2. The Morgan fingerprint density at radius 2 is 2.27 bits per heavy atom. The van der Waals surface area contributed by atoms with Crippen molar-refractivity contribution in [3.8, 4) is 0 Å². The molecule has 1 fully saturated rings. The summed E-state index contributed by atoms with van der Waals surface area (Å²) in [6.45, 7) is 2.06. The molecule has 1 aliphatic rings. The molecule has 1 aromatic heterocycles. The van der Waals surface area contributed by atoms with Crippen molar-refractivity contribution in [2.45, 2.75) is 18.0 Å². The molecule has 0 amide bonds. The van der Waals surface area contributed by atoms with Crippen LogP contribution < -0.4 is 5.32 Å². The molecule has 1 saturated heterocycles. The van der Waals surface area contributed by atoms with Crippen LogP contribution in [0.15, 0.2) is 23.6 Å². The summed E-state index contributed by atoms with van der Waals surface area (Å²) in [5.74, 6) is 1.18. The first-order valence-corrected chi connectivity index (χ1v) is 6.54. The lowest BCUT2D eigenvalue weighted by atomic mass is 10.0. The van der Waals surface area contributed by atoms with Gasteiger partial charge in [-0.3, -0.25) is 4.21 Å². The van der Waals surface area contributed by atoms with Crippen LogP contribution in [0.2, 0.25) is 0 Å². The third-order valence-corrected chi connectivity index (χ3v) is 3.92. The Morgan fingerprint density at radius 1 is 1.47 bits per heavy atom. The monoisotopic (exact) mass is 225 g/mol. The van der Waals surface area contributed by atoms with Crippen LogP contribution in [0.1, 0.15) is 12.8 Å². The highest BCUT2D eigenvalue weighted by atomic mass is 32.2. The summed E-state index contributed by atoms with van der Waals surface area (Å²) in [5.41, 5.74) is 0. The molecule has 2 heterocycles. The fourth-order valence-corrected chi connectivity index (χ4v) is 2.98. The van der Waals surface area contributed by atoms with Gasteiger partial charge in [0.15, 0.2) is 0 Å². The van der Waals surface area contributed by atoms with E-state index >= 15 is 0 Å². The summed E-state index contributed by atoms with van der Waals surface area (Å²) in [5, 5.41) is 3.78. The van der Waals surface area contributed by atoms with Crippen LogP contribution in [0.3, 0.4) is 0 Å². The van der Waals surface area contributed by atoms with Gasteiger partial charge < -0.3 is 5.32 Å². The summed E-state index contributed by atoms with van der Waals surface area (Å²) in [4.78, 5) is 8.02. The Kier molecular flexibility index (Phi) is 3.80. The third-order valence-electron chi connectivity index (χ3n) is 2.53. The van der Waals surface area contributed by atoms with E-state index in [1.807, 2.05) is 0 Å². The molecule has 0 saturated carbocycles. The number of hydrogen-bond donors (Lipinski definition) is 1. The lowest BCUT2D eigenvalue weighted by molar-refractivity contribution is 0.407. The Bertz CT molecular complexity index is 325. The fourth-order valence-electron chi connectivity index (χ4n) is 1.76. The standard InChI is InChI=1S/C10H15N3OS/c14-15(10-12-5-2-6-13-10)8-9-3-1-4-11-7-9/h2,5-6,9,11H,1,3-4,7-8H2/t9-,15+/m0/s1. The van der Waals surface area contributed by atoms with Crippen molar-refractivity contribution in [3.05, 3.63) is 18.5 Å². The van der Waals surface area contributed by atoms with Gasteiger partial charge >= 0.3 is 0 Å². The van der Waals surface area contributed by atoms with Crippen molar-refractivity contribution in [1.82, 2.24) is 15.3 Å². The number of nitrogens with zero attached hydrogens (tertiary/aromatic N) is 2. The van der Waals surface area contributed by atoms with Gasteiger partial charge in [-0.15, -0.1) is 0 Å². The van der Waals surface area contributed by atoms with Crippen LogP contribution >= 0.6 is 0 Å². The molecule has 0 aliphatic carbocycles. The van der Waals surface area contributed by atoms with E-state index < -0.39 is 10.8 Å². The SMILES string of the molecule is O=[S@](C[C@H]1CCCNC1)c1ncccn1. The van der Waals surface area contributed by atoms with Crippen LogP contribution in [0.5, 0.6) is 0 Å². The number of rotatable bonds is 3. The van der Waals surface area contributed by atoms with Gasteiger partial charge in [0.2, 0.25) is 5.16 Å². The topological polar surface area (TPSA) is 54.9 Å². The zero-order valence-electron chi connectivity index (χ0n) is 8.56. The van der Waals surface area contributed by atoms with Crippen molar-refractivity contribution in [3.63, 3.8) is 0 Å². The molecule has 82 valence electrons. The Balaban J connectivity index is 1.91. The molecule has 2 atom stereocenters. The van der Waals surface area contributed by atoms with E-state index in [9.17, 15) is 4.21 Å². The lowest BCUT2D eigenvalue weighted by Gasteiger charge is -2.21. The molecule has 0 spiro atoms. The largest absolute Gasteiger partial charge is 0.316 e. The molecule has 1 N–H and O–H groups in total. The molecule has 0 aromatic carbocycles. The number of piperidine rings is 1. The maximum atomic E-state index is 11.9. The maximum Gasteiger partial charge on any atom is 0.218 e. The predicted molar refractivity (Wildman–Crippen MR) is 58.9 cm³/mol. The van der Waals surface area contributed by atoms with Gasteiger partial charge in [-0.25, -0.2) is 9.97 Å². The van der Waals surface area contributed by atoms with E-state index in [2.05, 4.69) is 15.3 Å². The maximum absolute atomic E-state index is 11.9. The van der Waals surface area contributed by atoms with Gasteiger partial charge in [-0.1, -0.05) is 0 Å². The quantitative estimate of drug-likeness (QED) is 0.765. The summed E-state index contributed by atoms with van der Waals surface area (Å²) in [7, 11) is -1.04. The van der Waals surface area contributed by atoms with E-state index in [-0.39, 0.29) is 0 Å². The second kappa shape index (κ2) is 5.32. The van der Waals surface area contributed by atoms with E-state index in [4.69, 9.17) is 0 Å². The van der Waals surface area contributed by atoms with Gasteiger partial charge in [-0.2, -0.15) is 0 Å². The number of nitrogens with one attached hydrogen (secondary N) is 1. The lowest BCUT2D eigenvalue weighted by Crippen LogP contribution is -2.32. The minimum Gasteiger partial charge on any atom is -0.316 e. The first-order valence-electron chi connectivity index (χ1n) is 5.22. The van der Waals surface area contributed by atoms with Crippen molar-refractivity contribution >= 4 is 10.8 Å². The second-order valence-corrected chi connectivity index (χ2v) is 5.15. The molecule has 4 nitrogen and oxygen atoms in total. The minimum atomic E-state index is -1.04. The molecule has 5 heteroatoms. The molecular formula is C10H15N3OS. The van der Waals surface area contributed by atoms with Crippen LogP contribution in [0.25, 0.3) is 0 Å². The van der Waals surface area contributed by atoms with Crippen molar-refractivity contribution in [2.24, 2.45) is 5.92 Å². The Labute approximate surface area is 92.0 Å². The highest BCUT2D eigenvalue weighted by Crippen LogP contribution is 2.13. The summed E-state index contributed by atoms with van der Waals surface area (Å²) in [6.07, 6.45) is 5.61. The van der Waals surface area contributed by atoms with Gasteiger partial charge in [-0.05, 0) is 37.9 Å². The van der Waals surface area contributed by atoms with Crippen molar-refractivity contribution < 1.29 is 4.21 Å². The summed E-state index contributed by atoms with van der Waals surface area (Å²) in [6, 6.07) is 1.74. The first kappa shape index (κ1) is 10.7. The molecule has 0 radical (unpaired) electrons. The zero-order chi connectivity index (χ0) is 10.5. The third kappa shape index (κ3) is 3.07. The molecule has 15 heavy (non-hydrogen) atoms. The predicted octanol–water partition coefficient (Wildman–Crippen LogP) is 0.584. The zero-order valence-corrected chi connectivity index (χ0v) is 9.37. The molecular weight excluding hydrogens is 210 g/mol. The highest BCUT2D eigenvalue weighted by molar-refractivity contribution is 7.84. The fraction of sp³-hybridized carbons (Fsp3) is 0.600. The average Bonchev–Trinajstić information content (AvgIpc) is 2.31.